The van der Waals surface area contributed by atoms with Gasteiger partial charge in [0.25, 0.3) is 0 Å². The maximum Gasteiger partial charge on any atom is 0.321 e. The van der Waals surface area contributed by atoms with Crippen LogP contribution in [-0.4, -0.2) is 45.8 Å². The number of urea groups is 1. The third-order valence-electron chi connectivity index (χ3n) is 5.59. The summed E-state index contributed by atoms with van der Waals surface area (Å²) in [7, 11) is 0. The summed E-state index contributed by atoms with van der Waals surface area (Å²) in [5.41, 5.74) is 4.24. The van der Waals surface area contributed by atoms with E-state index in [1.807, 2.05) is 36.1 Å². The minimum Gasteiger partial charge on any atom is -0.493 e. The Hall–Kier alpha value is -3.35. The molecule has 0 saturated carbocycles. The van der Waals surface area contributed by atoms with E-state index in [9.17, 15) is 4.79 Å². The van der Waals surface area contributed by atoms with Crippen LogP contribution in [0, 0.1) is 6.92 Å². The molecule has 7 nitrogen and oxygen atoms in total. The molecule has 5 rings (SSSR count). The van der Waals surface area contributed by atoms with Crippen LogP contribution in [0.15, 0.2) is 42.5 Å². The Kier molecular flexibility index (Phi) is 4.42. The van der Waals surface area contributed by atoms with Gasteiger partial charge in [-0.3, -0.25) is 5.10 Å². The number of H-pyrrole nitrogens is 1. The molecule has 1 atom stereocenters. The Bertz CT molecular complexity index is 1060. The fourth-order valence-corrected chi connectivity index (χ4v) is 4.04. The number of aryl methyl sites for hydroxylation is 1. The molecule has 29 heavy (non-hydrogen) atoms. The smallest absolute Gasteiger partial charge is 0.321 e. The van der Waals surface area contributed by atoms with E-state index in [1.165, 1.54) is 5.56 Å². The zero-order valence-electron chi connectivity index (χ0n) is 16.3. The fraction of sp³-hybridized carbons (Fsp3) is 0.318. The van der Waals surface area contributed by atoms with Gasteiger partial charge in [0.2, 0.25) is 0 Å². The van der Waals surface area contributed by atoms with Crippen molar-refractivity contribution >= 4 is 11.7 Å². The van der Waals surface area contributed by atoms with Crippen molar-refractivity contribution in [3.05, 3.63) is 59.7 Å². The van der Waals surface area contributed by atoms with Crippen molar-refractivity contribution in [2.24, 2.45) is 0 Å². The van der Waals surface area contributed by atoms with Gasteiger partial charge in [0.1, 0.15) is 11.6 Å². The third-order valence-corrected chi connectivity index (χ3v) is 5.59. The highest BCUT2D eigenvalue weighted by molar-refractivity contribution is 5.90. The van der Waals surface area contributed by atoms with Crippen molar-refractivity contribution in [3.63, 3.8) is 0 Å². The molecule has 2 amide bonds. The van der Waals surface area contributed by atoms with Crippen molar-refractivity contribution in [1.29, 1.82) is 0 Å². The van der Waals surface area contributed by atoms with Crippen molar-refractivity contribution < 1.29 is 9.53 Å². The van der Waals surface area contributed by atoms with Gasteiger partial charge in [-0.05, 0) is 54.3 Å². The van der Waals surface area contributed by atoms with E-state index in [0.717, 1.165) is 53.7 Å². The summed E-state index contributed by atoms with van der Waals surface area (Å²) in [6.07, 6.45) is 1.82. The molecule has 3 aromatic rings. The second-order valence-electron chi connectivity index (χ2n) is 7.64. The van der Waals surface area contributed by atoms with E-state index in [0.29, 0.717) is 13.1 Å². The molecule has 2 aromatic carbocycles. The van der Waals surface area contributed by atoms with Crippen LogP contribution in [0.3, 0.4) is 0 Å². The first kappa shape index (κ1) is 17.7. The maximum absolute atomic E-state index is 12.7. The zero-order chi connectivity index (χ0) is 19.8. The minimum atomic E-state index is -0.0840. The predicted octanol–water partition coefficient (Wildman–Crippen LogP) is 3.74. The summed E-state index contributed by atoms with van der Waals surface area (Å²) >= 11 is 0. The van der Waals surface area contributed by atoms with Crippen LogP contribution >= 0.6 is 0 Å². The lowest BCUT2D eigenvalue weighted by Crippen LogP contribution is -2.32. The summed E-state index contributed by atoms with van der Waals surface area (Å²) in [6.45, 7) is 3.97. The van der Waals surface area contributed by atoms with Crippen LogP contribution in [0.5, 0.6) is 5.75 Å². The number of rotatable bonds is 3. The summed E-state index contributed by atoms with van der Waals surface area (Å²) < 4.78 is 5.59. The lowest BCUT2D eigenvalue weighted by atomic mass is 10.0. The number of carbonyl (C=O) groups is 1. The molecular weight excluding hydrogens is 366 g/mol. The van der Waals surface area contributed by atoms with Crippen LogP contribution in [0.4, 0.5) is 10.5 Å². The van der Waals surface area contributed by atoms with E-state index in [-0.39, 0.29) is 11.9 Å². The number of aromatic amines is 1. The van der Waals surface area contributed by atoms with Crippen LogP contribution in [-0.2, 0) is 6.42 Å². The Morgan fingerprint density at radius 3 is 3.00 bits per heavy atom. The number of anilines is 1. The number of nitrogens with zero attached hydrogens (tertiary/aromatic N) is 3. The van der Waals surface area contributed by atoms with Gasteiger partial charge in [0, 0.05) is 31.1 Å². The van der Waals surface area contributed by atoms with E-state index >= 15 is 0 Å². The minimum absolute atomic E-state index is 0.0840. The molecule has 2 aliphatic heterocycles. The van der Waals surface area contributed by atoms with Crippen molar-refractivity contribution in [3.8, 4) is 16.9 Å². The second-order valence-corrected chi connectivity index (χ2v) is 7.64. The lowest BCUT2D eigenvalue weighted by molar-refractivity contribution is 0.222. The van der Waals surface area contributed by atoms with Gasteiger partial charge in [-0.25, -0.2) is 9.78 Å². The SMILES string of the molecule is Cc1nc(C2CCN(C(=O)Nc3cccc(-c4ccc5c(c4)CCO5)c3)C2)n[nH]1. The number of hydrogen-bond acceptors (Lipinski definition) is 4. The van der Waals surface area contributed by atoms with Gasteiger partial charge < -0.3 is 15.0 Å². The molecule has 1 aromatic heterocycles. The number of ether oxygens (including phenoxy) is 1. The molecular formula is C22H23N5O2. The number of fused-ring (bicyclic) bond motifs is 1. The first-order valence-corrected chi connectivity index (χ1v) is 9.97. The van der Waals surface area contributed by atoms with E-state index < -0.39 is 0 Å². The van der Waals surface area contributed by atoms with Gasteiger partial charge >= 0.3 is 6.03 Å². The van der Waals surface area contributed by atoms with Crippen LogP contribution in [0.2, 0.25) is 0 Å². The topological polar surface area (TPSA) is 83.1 Å². The van der Waals surface area contributed by atoms with Crippen molar-refractivity contribution in [2.75, 3.05) is 25.0 Å². The standard InChI is InChI=1S/C22H23N5O2/c1-14-23-21(26-25-14)18-7-9-27(13-18)22(28)24-19-4-2-3-15(12-19)16-5-6-20-17(11-16)8-10-29-20/h2-6,11-12,18H,7-10,13H2,1H3,(H,24,28)(H,23,25,26). The van der Waals surface area contributed by atoms with Gasteiger partial charge in [-0.1, -0.05) is 18.2 Å². The number of benzene rings is 2. The normalized spacial score (nSPS) is 17.8. The summed E-state index contributed by atoms with van der Waals surface area (Å²) in [4.78, 5) is 19.0. The molecule has 2 N–H and O–H groups in total. The van der Waals surface area contributed by atoms with Crippen LogP contribution in [0.25, 0.3) is 11.1 Å². The number of carbonyl (C=O) groups excluding carboxylic acids is 1. The highest BCUT2D eigenvalue weighted by Gasteiger charge is 2.29. The van der Waals surface area contributed by atoms with E-state index in [4.69, 9.17) is 4.74 Å². The van der Waals surface area contributed by atoms with Gasteiger partial charge in [0.05, 0.1) is 6.61 Å². The van der Waals surface area contributed by atoms with Crippen LogP contribution < -0.4 is 10.1 Å². The number of amides is 2. The second kappa shape index (κ2) is 7.24. The molecule has 148 valence electrons. The molecule has 0 aliphatic carbocycles. The zero-order valence-corrected chi connectivity index (χ0v) is 16.3. The molecule has 7 heteroatoms. The number of hydrogen-bond donors (Lipinski definition) is 2. The van der Waals surface area contributed by atoms with E-state index in [1.54, 1.807) is 0 Å². The highest BCUT2D eigenvalue weighted by atomic mass is 16.5. The first-order valence-electron chi connectivity index (χ1n) is 9.97. The molecule has 1 unspecified atom stereocenters. The fourth-order valence-electron chi connectivity index (χ4n) is 4.04. The largest absolute Gasteiger partial charge is 0.493 e. The van der Waals surface area contributed by atoms with Crippen LogP contribution in [0.1, 0.15) is 29.6 Å². The monoisotopic (exact) mass is 389 g/mol. The quantitative estimate of drug-likeness (QED) is 0.715. The molecule has 1 saturated heterocycles. The summed E-state index contributed by atoms with van der Waals surface area (Å²) in [5.74, 6) is 2.76. The Morgan fingerprint density at radius 2 is 2.14 bits per heavy atom. The maximum atomic E-state index is 12.7. The average Bonchev–Trinajstić information content (AvgIpc) is 3.47. The van der Waals surface area contributed by atoms with Crippen molar-refractivity contribution in [1.82, 2.24) is 20.1 Å². The van der Waals surface area contributed by atoms with E-state index in [2.05, 4.69) is 38.7 Å². The average molecular weight is 389 g/mol. The van der Waals surface area contributed by atoms with Gasteiger partial charge in [-0.2, -0.15) is 5.10 Å². The molecule has 3 heterocycles. The molecule has 0 bridgehead atoms. The lowest BCUT2D eigenvalue weighted by Gasteiger charge is -2.17. The van der Waals surface area contributed by atoms with Crippen molar-refractivity contribution in [2.45, 2.75) is 25.7 Å². The first-order chi connectivity index (χ1) is 14.2. The number of likely N-dealkylation sites (tertiary alicyclic amines) is 1. The summed E-state index contributed by atoms with van der Waals surface area (Å²) in [6, 6.07) is 14.1. The molecule has 0 radical (unpaired) electrons. The Morgan fingerprint density at radius 1 is 1.24 bits per heavy atom. The number of aromatic nitrogens is 3. The summed E-state index contributed by atoms with van der Waals surface area (Å²) in [5, 5.41) is 10.2. The molecule has 0 spiro atoms. The highest BCUT2D eigenvalue weighted by Crippen LogP contribution is 2.31. The molecule has 2 aliphatic rings. The predicted molar refractivity (Wildman–Crippen MR) is 110 cm³/mol. The van der Waals surface area contributed by atoms with Gasteiger partial charge in [-0.15, -0.1) is 0 Å². The Balaban J connectivity index is 1.27. The van der Waals surface area contributed by atoms with Gasteiger partial charge in [0.15, 0.2) is 5.82 Å². The number of nitrogens with one attached hydrogen (secondary N) is 2. The third kappa shape index (κ3) is 3.55. The molecule has 1 fully saturated rings. The Labute approximate surface area is 169 Å².